The molecule has 0 spiro atoms. The van der Waals surface area contributed by atoms with Crippen molar-refractivity contribution in [2.24, 2.45) is 5.92 Å². The van der Waals surface area contributed by atoms with Crippen molar-refractivity contribution in [2.75, 3.05) is 5.32 Å². The number of thiophene rings is 1. The molecule has 0 saturated heterocycles. The molecule has 0 radical (unpaired) electrons. The van der Waals surface area contributed by atoms with Gasteiger partial charge in [-0.3, -0.25) is 4.79 Å². The molecule has 1 heterocycles. The zero-order chi connectivity index (χ0) is 10.7. The van der Waals surface area contributed by atoms with Crippen LogP contribution < -0.4 is 5.32 Å². The number of hydrogen-bond donors (Lipinski definition) is 1. The van der Waals surface area contributed by atoms with Gasteiger partial charge in [0.1, 0.15) is 0 Å². The molecule has 1 fully saturated rings. The molecule has 1 aliphatic rings. The van der Waals surface area contributed by atoms with E-state index in [1.165, 1.54) is 24.1 Å². The molecule has 82 valence electrons. The van der Waals surface area contributed by atoms with Crippen LogP contribution in [0.2, 0.25) is 0 Å². The largest absolute Gasteiger partial charge is 0.325 e. The molecule has 1 saturated carbocycles. The van der Waals surface area contributed by atoms with Crippen molar-refractivity contribution < 1.29 is 4.79 Å². The zero-order valence-corrected chi connectivity index (χ0v) is 9.90. The third-order valence-electron chi connectivity index (χ3n) is 3.09. The zero-order valence-electron chi connectivity index (χ0n) is 9.08. The van der Waals surface area contributed by atoms with E-state index in [0.717, 1.165) is 18.5 Å². The van der Waals surface area contributed by atoms with Crippen molar-refractivity contribution in [2.45, 2.75) is 39.0 Å². The van der Waals surface area contributed by atoms with Crippen LogP contribution in [0, 0.1) is 12.8 Å². The first kappa shape index (κ1) is 10.7. The molecule has 2 nitrogen and oxygen atoms in total. The van der Waals surface area contributed by atoms with E-state index < -0.39 is 0 Å². The average Bonchev–Trinajstić information content (AvgIpc) is 2.66. The van der Waals surface area contributed by atoms with Crippen LogP contribution in [0.15, 0.2) is 11.4 Å². The Kier molecular flexibility index (Phi) is 3.41. The van der Waals surface area contributed by atoms with Gasteiger partial charge < -0.3 is 5.32 Å². The lowest BCUT2D eigenvalue weighted by Crippen LogP contribution is -2.24. The summed E-state index contributed by atoms with van der Waals surface area (Å²) in [6.45, 7) is 2.04. The molecule has 0 bridgehead atoms. The first-order valence-corrected chi connectivity index (χ1v) is 6.50. The van der Waals surface area contributed by atoms with Crippen molar-refractivity contribution in [3.63, 3.8) is 0 Å². The maximum atomic E-state index is 11.9. The molecule has 1 aliphatic carbocycles. The van der Waals surface area contributed by atoms with Gasteiger partial charge in [-0.1, -0.05) is 19.3 Å². The summed E-state index contributed by atoms with van der Waals surface area (Å²) in [6, 6.07) is 1.99. The molecule has 2 rings (SSSR count). The van der Waals surface area contributed by atoms with Crippen molar-refractivity contribution >= 4 is 22.9 Å². The molecule has 15 heavy (non-hydrogen) atoms. The predicted molar refractivity (Wildman–Crippen MR) is 64.3 cm³/mol. The number of rotatable bonds is 2. The van der Waals surface area contributed by atoms with E-state index in [-0.39, 0.29) is 11.8 Å². The quantitative estimate of drug-likeness (QED) is 0.815. The lowest BCUT2D eigenvalue weighted by Gasteiger charge is -2.20. The number of aryl methyl sites for hydroxylation is 1. The van der Waals surface area contributed by atoms with E-state index in [9.17, 15) is 4.79 Å². The summed E-state index contributed by atoms with van der Waals surface area (Å²) in [5.41, 5.74) is 0.996. The summed E-state index contributed by atoms with van der Waals surface area (Å²) in [7, 11) is 0. The Morgan fingerprint density at radius 3 is 2.73 bits per heavy atom. The molecule has 1 amide bonds. The fourth-order valence-corrected chi connectivity index (χ4v) is 2.77. The molecule has 0 atom stereocenters. The number of anilines is 1. The van der Waals surface area contributed by atoms with Crippen LogP contribution in [0.25, 0.3) is 0 Å². The number of carbonyl (C=O) groups is 1. The highest BCUT2D eigenvalue weighted by Gasteiger charge is 2.21. The maximum absolute atomic E-state index is 11.9. The first-order chi connectivity index (χ1) is 7.27. The maximum Gasteiger partial charge on any atom is 0.227 e. The highest BCUT2D eigenvalue weighted by Crippen LogP contribution is 2.26. The van der Waals surface area contributed by atoms with Gasteiger partial charge in [0.05, 0.1) is 5.69 Å². The Labute approximate surface area is 94.7 Å². The minimum atomic E-state index is 0.219. The van der Waals surface area contributed by atoms with Crippen LogP contribution in [0.5, 0.6) is 0 Å². The molecule has 0 unspecified atom stereocenters. The topological polar surface area (TPSA) is 29.1 Å². The summed E-state index contributed by atoms with van der Waals surface area (Å²) < 4.78 is 0. The third-order valence-corrected chi connectivity index (χ3v) is 3.94. The van der Waals surface area contributed by atoms with Gasteiger partial charge in [0.25, 0.3) is 0 Å². The monoisotopic (exact) mass is 223 g/mol. The van der Waals surface area contributed by atoms with Gasteiger partial charge in [-0.2, -0.15) is 0 Å². The highest BCUT2D eigenvalue weighted by atomic mass is 32.1. The smallest absolute Gasteiger partial charge is 0.227 e. The lowest BCUT2D eigenvalue weighted by atomic mass is 9.88. The van der Waals surface area contributed by atoms with Gasteiger partial charge in [0.15, 0.2) is 0 Å². The Bertz CT molecular complexity index is 339. The SMILES string of the molecule is Cc1sccc1NC(=O)C1CCCCC1. The van der Waals surface area contributed by atoms with Crippen molar-refractivity contribution in [1.29, 1.82) is 0 Å². The van der Waals surface area contributed by atoms with E-state index in [0.29, 0.717) is 0 Å². The fourth-order valence-electron chi connectivity index (χ4n) is 2.11. The van der Waals surface area contributed by atoms with E-state index in [2.05, 4.69) is 5.32 Å². The second-order valence-electron chi connectivity index (χ2n) is 4.21. The third kappa shape index (κ3) is 2.59. The molecule has 0 aromatic carbocycles. The van der Waals surface area contributed by atoms with Crippen LogP contribution >= 0.6 is 11.3 Å². The fraction of sp³-hybridized carbons (Fsp3) is 0.583. The van der Waals surface area contributed by atoms with E-state index >= 15 is 0 Å². The minimum absolute atomic E-state index is 0.219. The molecule has 1 aromatic heterocycles. The molecule has 3 heteroatoms. The minimum Gasteiger partial charge on any atom is -0.325 e. The summed E-state index contributed by atoms with van der Waals surface area (Å²) in [5, 5.41) is 5.05. The van der Waals surface area contributed by atoms with Gasteiger partial charge >= 0.3 is 0 Å². The van der Waals surface area contributed by atoms with E-state index in [1.54, 1.807) is 11.3 Å². The van der Waals surface area contributed by atoms with Gasteiger partial charge in [0, 0.05) is 10.8 Å². The number of hydrogen-bond acceptors (Lipinski definition) is 2. The second-order valence-corrected chi connectivity index (χ2v) is 5.33. The van der Waals surface area contributed by atoms with Crippen molar-refractivity contribution in [3.05, 3.63) is 16.3 Å². The van der Waals surface area contributed by atoms with Crippen LogP contribution in [0.1, 0.15) is 37.0 Å². The normalized spacial score (nSPS) is 17.7. The van der Waals surface area contributed by atoms with Gasteiger partial charge in [-0.25, -0.2) is 0 Å². The molecular formula is C12H17NOS. The first-order valence-electron chi connectivity index (χ1n) is 5.62. The highest BCUT2D eigenvalue weighted by molar-refractivity contribution is 7.10. The number of amides is 1. The van der Waals surface area contributed by atoms with Crippen molar-refractivity contribution in [1.82, 2.24) is 0 Å². The van der Waals surface area contributed by atoms with Crippen LogP contribution in [0.3, 0.4) is 0 Å². The Hall–Kier alpha value is -0.830. The number of carbonyl (C=O) groups excluding carboxylic acids is 1. The Morgan fingerprint density at radius 2 is 2.13 bits per heavy atom. The summed E-state index contributed by atoms with van der Waals surface area (Å²) in [5.74, 6) is 0.467. The van der Waals surface area contributed by atoms with E-state index in [4.69, 9.17) is 0 Å². The summed E-state index contributed by atoms with van der Waals surface area (Å²) in [6.07, 6.45) is 5.84. The Balaban J connectivity index is 1.94. The lowest BCUT2D eigenvalue weighted by molar-refractivity contribution is -0.120. The molecule has 0 aliphatic heterocycles. The Morgan fingerprint density at radius 1 is 1.40 bits per heavy atom. The predicted octanol–water partition coefficient (Wildman–Crippen LogP) is 3.58. The van der Waals surface area contributed by atoms with Gasteiger partial charge in [-0.15, -0.1) is 11.3 Å². The van der Waals surface area contributed by atoms with Gasteiger partial charge in [0.2, 0.25) is 5.91 Å². The van der Waals surface area contributed by atoms with Crippen LogP contribution in [0.4, 0.5) is 5.69 Å². The van der Waals surface area contributed by atoms with Gasteiger partial charge in [-0.05, 0) is 31.2 Å². The second kappa shape index (κ2) is 4.79. The van der Waals surface area contributed by atoms with Crippen LogP contribution in [-0.2, 0) is 4.79 Å². The number of nitrogens with one attached hydrogen (secondary N) is 1. The molecule has 1 aromatic rings. The molecule has 1 N–H and O–H groups in total. The average molecular weight is 223 g/mol. The summed E-state index contributed by atoms with van der Waals surface area (Å²) >= 11 is 1.68. The summed E-state index contributed by atoms with van der Waals surface area (Å²) in [4.78, 5) is 13.1. The molecular weight excluding hydrogens is 206 g/mol. The van der Waals surface area contributed by atoms with E-state index in [1.807, 2.05) is 18.4 Å². The van der Waals surface area contributed by atoms with Crippen LogP contribution in [-0.4, -0.2) is 5.91 Å². The van der Waals surface area contributed by atoms with Crippen molar-refractivity contribution in [3.8, 4) is 0 Å². The standard InChI is InChI=1S/C12H17NOS/c1-9-11(7-8-15-9)13-12(14)10-5-3-2-4-6-10/h7-8,10H,2-6H2,1H3,(H,13,14).